The number of nitrogens with one attached hydrogen (secondary N) is 1. The largest absolute Gasteiger partial charge is 0.320 e. The molecule has 1 fully saturated rings. The second-order valence-electron chi connectivity index (χ2n) is 8.62. The molecule has 9 heteroatoms. The van der Waals surface area contributed by atoms with Crippen LogP contribution in [0.4, 0.5) is 11.4 Å². The first kappa shape index (κ1) is 23.3. The van der Waals surface area contributed by atoms with E-state index in [1.165, 1.54) is 42.1 Å². The zero-order valence-corrected chi connectivity index (χ0v) is 19.2. The highest BCUT2D eigenvalue weighted by Crippen LogP contribution is 2.23. The van der Waals surface area contributed by atoms with Gasteiger partial charge in [0, 0.05) is 36.1 Å². The summed E-state index contributed by atoms with van der Waals surface area (Å²) in [4.78, 5) is 38.7. The van der Waals surface area contributed by atoms with Gasteiger partial charge in [-0.3, -0.25) is 24.6 Å². The van der Waals surface area contributed by atoms with E-state index in [4.69, 9.17) is 0 Å². The number of piperidine rings is 1. The molecule has 176 valence electrons. The molecule has 2 heterocycles. The molecule has 9 nitrogen and oxygen atoms in total. The number of aryl methyl sites for hydroxylation is 1. The molecule has 1 aliphatic rings. The molecule has 1 aromatic heterocycles. The van der Waals surface area contributed by atoms with Crippen molar-refractivity contribution >= 4 is 17.3 Å². The first-order chi connectivity index (χ1) is 16.3. The quantitative estimate of drug-likeness (QED) is 0.438. The number of para-hydroxylation sites is 2. The smallest absolute Gasteiger partial charge is 0.294 e. The number of nitro benzene ring substituents is 1. The van der Waals surface area contributed by atoms with Crippen LogP contribution in [0.5, 0.6) is 0 Å². The molecular formula is C25H27N5O4. The molecule has 1 amide bonds. The van der Waals surface area contributed by atoms with Crippen LogP contribution in [0.1, 0.15) is 47.9 Å². The van der Waals surface area contributed by atoms with Gasteiger partial charge in [0.1, 0.15) is 5.69 Å². The Morgan fingerprint density at radius 3 is 2.62 bits per heavy atom. The Hall–Kier alpha value is -3.85. The maximum absolute atomic E-state index is 12.9. The molecule has 34 heavy (non-hydrogen) atoms. The van der Waals surface area contributed by atoms with Gasteiger partial charge in [-0.1, -0.05) is 30.7 Å². The van der Waals surface area contributed by atoms with Crippen LogP contribution in [0.15, 0.2) is 59.4 Å². The van der Waals surface area contributed by atoms with Gasteiger partial charge in [-0.2, -0.15) is 5.10 Å². The van der Waals surface area contributed by atoms with Gasteiger partial charge >= 0.3 is 0 Å². The number of nitrogens with zero attached hydrogens (tertiary/aromatic N) is 4. The van der Waals surface area contributed by atoms with Crippen molar-refractivity contribution in [2.75, 3.05) is 11.9 Å². The molecule has 0 saturated carbocycles. The lowest BCUT2D eigenvalue weighted by molar-refractivity contribution is -0.384. The van der Waals surface area contributed by atoms with E-state index in [2.05, 4.69) is 22.2 Å². The SMILES string of the molecule is Cc1cc(=O)c(C(=O)Nc2ccc(CN3CCCC[C@@H]3C)cc2)nn1-c1ccccc1[N+](=O)[O-]. The standard InChI is InChI=1S/C25H27N5O4/c1-17-7-5-6-14-28(17)16-19-10-12-20(13-11-19)26-25(32)24-23(31)15-18(2)29(27-24)21-8-3-4-9-22(21)30(33)34/h3-4,8-13,15,17H,5-7,14,16H2,1-2H3,(H,26,32)/t17-/m0/s1. The lowest BCUT2D eigenvalue weighted by Crippen LogP contribution is -2.36. The van der Waals surface area contributed by atoms with Crippen LogP contribution in [0.25, 0.3) is 5.69 Å². The lowest BCUT2D eigenvalue weighted by atomic mass is 10.0. The van der Waals surface area contributed by atoms with E-state index in [9.17, 15) is 19.7 Å². The Balaban J connectivity index is 1.54. The minimum Gasteiger partial charge on any atom is -0.320 e. The molecule has 0 spiro atoms. The van der Waals surface area contributed by atoms with Crippen LogP contribution in [0.3, 0.4) is 0 Å². The summed E-state index contributed by atoms with van der Waals surface area (Å²) in [5.74, 6) is -0.672. The second kappa shape index (κ2) is 9.96. The topological polar surface area (TPSA) is 110 Å². The average molecular weight is 462 g/mol. The Kier molecular flexibility index (Phi) is 6.83. The van der Waals surface area contributed by atoms with Crippen molar-refractivity contribution in [2.24, 2.45) is 0 Å². The Bertz CT molecular complexity index is 1270. The van der Waals surface area contributed by atoms with Gasteiger partial charge in [0.2, 0.25) is 5.43 Å². The Morgan fingerprint density at radius 1 is 1.18 bits per heavy atom. The third kappa shape index (κ3) is 5.04. The molecule has 0 radical (unpaired) electrons. The van der Waals surface area contributed by atoms with E-state index >= 15 is 0 Å². The first-order valence-electron chi connectivity index (χ1n) is 11.3. The fraction of sp³-hybridized carbons (Fsp3) is 0.320. The van der Waals surface area contributed by atoms with Crippen molar-refractivity contribution in [1.82, 2.24) is 14.7 Å². The number of carbonyl (C=O) groups excluding carboxylic acids is 1. The number of likely N-dealkylation sites (tertiary alicyclic amines) is 1. The Morgan fingerprint density at radius 2 is 1.91 bits per heavy atom. The number of hydrogen-bond donors (Lipinski definition) is 1. The van der Waals surface area contributed by atoms with Gasteiger partial charge in [-0.25, -0.2) is 4.68 Å². The highest BCUT2D eigenvalue weighted by atomic mass is 16.6. The number of amides is 1. The fourth-order valence-electron chi connectivity index (χ4n) is 4.26. The number of hydrogen-bond acceptors (Lipinski definition) is 6. The molecule has 1 saturated heterocycles. The predicted molar refractivity (Wildman–Crippen MR) is 129 cm³/mol. The number of nitro groups is 1. The molecular weight excluding hydrogens is 434 g/mol. The Labute approximate surface area is 197 Å². The van der Waals surface area contributed by atoms with Gasteiger partial charge in [0.15, 0.2) is 5.69 Å². The maximum Gasteiger partial charge on any atom is 0.294 e. The summed E-state index contributed by atoms with van der Waals surface area (Å²) in [7, 11) is 0. The second-order valence-corrected chi connectivity index (χ2v) is 8.62. The summed E-state index contributed by atoms with van der Waals surface area (Å²) in [6.45, 7) is 5.80. The van der Waals surface area contributed by atoms with Crippen LogP contribution in [-0.2, 0) is 6.54 Å². The van der Waals surface area contributed by atoms with Crippen molar-refractivity contribution in [3.8, 4) is 5.69 Å². The third-order valence-electron chi connectivity index (χ3n) is 6.17. The average Bonchev–Trinajstić information content (AvgIpc) is 2.82. The molecule has 1 N–H and O–H groups in total. The van der Waals surface area contributed by atoms with E-state index in [0.717, 1.165) is 18.7 Å². The van der Waals surface area contributed by atoms with Crippen molar-refractivity contribution < 1.29 is 9.72 Å². The fourth-order valence-corrected chi connectivity index (χ4v) is 4.26. The normalized spacial score (nSPS) is 16.2. The third-order valence-corrected chi connectivity index (χ3v) is 6.17. The molecule has 0 unspecified atom stereocenters. The summed E-state index contributed by atoms with van der Waals surface area (Å²) in [6.07, 6.45) is 3.70. The van der Waals surface area contributed by atoms with Crippen molar-refractivity contribution in [2.45, 2.75) is 45.7 Å². The van der Waals surface area contributed by atoms with Gasteiger partial charge in [0.25, 0.3) is 11.6 Å². The highest BCUT2D eigenvalue weighted by Gasteiger charge is 2.21. The zero-order chi connectivity index (χ0) is 24.2. The maximum atomic E-state index is 12.9. The van der Waals surface area contributed by atoms with Crippen LogP contribution in [0.2, 0.25) is 0 Å². The van der Waals surface area contributed by atoms with Gasteiger partial charge in [-0.15, -0.1) is 0 Å². The summed E-state index contributed by atoms with van der Waals surface area (Å²) in [5, 5.41) is 18.3. The molecule has 1 aliphatic heterocycles. The summed E-state index contributed by atoms with van der Waals surface area (Å²) < 4.78 is 1.25. The summed E-state index contributed by atoms with van der Waals surface area (Å²) in [5.41, 5.74) is 1.18. The van der Waals surface area contributed by atoms with Crippen molar-refractivity contribution in [3.63, 3.8) is 0 Å². The van der Waals surface area contributed by atoms with E-state index in [1.807, 2.05) is 12.1 Å². The molecule has 2 aromatic carbocycles. The molecule has 0 aliphatic carbocycles. The number of anilines is 1. The summed E-state index contributed by atoms with van der Waals surface area (Å²) in [6, 6.07) is 15.4. The number of benzene rings is 2. The highest BCUT2D eigenvalue weighted by molar-refractivity contribution is 6.02. The molecule has 3 aromatic rings. The predicted octanol–water partition coefficient (Wildman–Crippen LogP) is 4.08. The number of rotatable bonds is 6. The molecule has 0 bridgehead atoms. The minimum atomic E-state index is -0.672. The van der Waals surface area contributed by atoms with E-state index in [0.29, 0.717) is 17.4 Å². The van der Waals surface area contributed by atoms with E-state index in [1.54, 1.807) is 31.2 Å². The van der Waals surface area contributed by atoms with Gasteiger partial charge < -0.3 is 5.32 Å². The number of carbonyl (C=O) groups is 1. The minimum absolute atomic E-state index is 0.174. The summed E-state index contributed by atoms with van der Waals surface area (Å²) >= 11 is 0. The monoisotopic (exact) mass is 461 g/mol. The number of aromatic nitrogens is 2. The molecule has 4 rings (SSSR count). The first-order valence-corrected chi connectivity index (χ1v) is 11.3. The molecule has 1 atom stereocenters. The van der Waals surface area contributed by atoms with E-state index in [-0.39, 0.29) is 17.1 Å². The van der Waals surface area contributed by atoms with Crippen LogP contribution in [-0.4, -0.2) is 38.1 Å². The van der Waals surface area contributed by atoms with Crippen LogP contribution >= 0.6 is 0 Å². The van der Waals surface area contributed by atoms with Gasteiger partial charge in [0.05, 0.1) is 4.92 Å². The van der Waals surface area contributed by atoms with Crippen LogP contribution in [0, 0.1) is 17.0 Å². The van der Waals surface area contributed by atoms with Crippen molar-refractivity contribution in [1.29, 1.82) is 0 Å². The zero-order valence-electron chi connectivity index (χ0n) is 19.2. The van der Waals surface area contributed by atoms with Crippen LogP contribution < -0.4 is 10.7 Å². The van der Waals surface area contributed by atoms with Crippen molar-refractivity contribution in [3.05, 3.63) is 91.9 Å². The lowest BCUT2D eigenvalue weighted by Gasteiger charge is -2.33. The van der Waals surface area contributed by atoms with Gasteiger partial charge in [-0.05, 0) is 57.0 Å². The van der Waals surface area contributed by atoms with E-state index < -0.39 is 16.3 Å².